The zero-order chi connectivity index (χ0) is 18.0. The van der Waals surface area contributed by atoms with Crippen molar-refractivity contribution in [3.05, 3.63) is 11.6 Å². The molecule has 4 heteroatoms. The van der Waals surface area contributed by atoms with Gasteiger partial charge in [-0.2, -0.15) is 0 Å². The normalized spacial score (nSPS) is 46.7. The van der Waals surface area contributed by atoms with Crippen LogP contribution in [0.25, 0.3) is 0 Å². The van der Waals surface area contributed by atoms with Crippen LogP contribution in [0.5, 0.6) is 0 Å². The second-order valence-electron chi connectivity index (χ2n) is 9.64. The van der Waals surface area contributed by atoms with E-state index in [2.05, 4.69) is 19.9 Å². The Kier molecular flexibility index (Phi) is 3.99. The average molecular weight is 348 g/mol. The van der Waals surface area contributed by atoms with Crippen LogP contribution in [0.3, 0.4) is 0 Å². The first-order valence-electron chi connectivity index (χ1n) is 10.1. The first-order chi connectivity index (χ1) is 11.7. The molecule has 0 spiro atoms. The number of hydrogen-bond donors (Lipinski definition) is 3. The number of fused-ring (bicyclic) bond motifs is 5. The smallest absolute Gasteiger partial charge is 0.337 e. The molecule has 3 fully saturated rings. The van der Waals surface area contributed by atoms with Crippen LogP contribution in [0.2, 0.25) is 0 Å². The molecule has 4 rings (SSSR count). The quantitative estimate of drug-likeness (QED) is 0.529. The first-order valence-corrected chi connectivity index (χ1v) is 10.1. The molecule has 4 aliphatic carbocycles. The van der Waals surface area contributed by atoms with Gasteiger partial charge in [-0.15, -0.1) is 0 Å². The molecule has 6 atom stereocenters. The topological polar surface area (TPSA) is 77.8 Å². The number of rotatable bonds is 2. The highest BCUT2D eigenvalue weighted by Gasteiger charge is 2.61. The van der Waals surface area contributed by atoms with E-state index in [4.69, 9.17) is 0 Å². The molecular formula is C21H32O4. The van der Waals surface area contributed by atoms with Crippen molar-refractivity contribution in [1.29, 1.82) is 0 Å². The van der Waals surface area contributed by atoms with Crippen LogP contribution in [0.15, 0.2) is 11.6 Å². The van der Waals surface area contributed by atoms with Gasteiger partial charge in [-0.3, -0.25) is 4.79 Å². The molecular weight excluding hydrogens is 316 g/mol. The molecule has 4 aliphatic rings. The molecule has 3 N–H and O–H groups in total. The SMILES string of the molecule is C[C@]12CC[C@H]3[C@@H](CC=C4CCCC[C@@]43C)[C@@H]1CC[C@@H]2C(=O)C(O)(O)O. The van der Waals surface area contributed by atoms with E-state index in [1.165, 1.54) is 25.7 Å². The summed E-state index contributed by atoms with van der Waals surface area (Å²) in [4.78, 5) is 12.4. The van der Waals surface area contributed by atoms with Gasteiger partial charge in [-0.05, 0) is 80.0 Å². The van der Waals surface area contributed by atoms with Crippen molar-refractivity contribution >= 4 is 5.78 Å². The lowest BCUT2D eigenvalue weighted by molar-refractivity contribution is -0.291. The van der Waals surface area contributed by atoms with E-state index in [1.807, 2.05) is 0 Å². The van der Waals surface area contributed by atoms with Crippen molar-refractivity contribution in [1.82, 2.24) is 0 Å². The molecule has 0 aromatic rings. The fourth-order valence-electron chi connectivity index (χ4n) is 7.36. The number of aliphatic hydroxyl groups is 3. The van der Waals surface area contributed by atoms with Gasteiger partial charge in [0.1, 0.15) is 0 Å². The molecule has 3 saturated carbocycles. The van der Waals surface area contributed by atoms with E-state index in [-0.39, 0.29) is 5.41 Å². The van der Waals surface area contributed by atoms with Crippen LogP contribution in [-0.2, 0) is 4.79 Å². The van der Waals surface area contributed by atoms with E-state index in [9.17, 15) is 20.1 Å². The molecule has 0 aromatic carbocycles. The number of hydrogen-bond acceptors (Lipinski definition) is 4. The molecule has 0 unspecified atom stereocenters. The Hall–Kier alpha value is -0.710. The van der Waals surface area contributed by atoms with Gasteiger partial charge in [0, 0.05) is 5.92 Å². The summed E-state index contributed by atoms with van der Waals surface area (Å²) in [5.74, 6) is -2.70. The number of ketones is 1. The van der Waals surface area contributed by atoms with E-state index < -0.39 is 17.7 Å². The third kappa shape index (κ3) is 2.48. The lowest BCUT2D eigenvalue weighted by Crippen LogP contribution is -2.52. The van der Waals surface area contributed by atoms with Crippen LogP contribution in [-0.4, -0.2) is 27.1 Å². The standard InChI is InChI=1S/C21H32O4/c1-19-11-4-3-5-13(19)6-7-14-15-8-9-17(18(22)21(23,24)25)20(15,2)12-10-16(14)19/h6,14-17,23-25H,3-5,7-12H2,1-2H3/t14-,15-,16-,17+,19-,20-/m0/s1. The van der Waals surface area contributed by atoms with E-state index >= 15 is 0 Å². The molecule has 0 radical (unpaired) electrons. The molecule has 0 heterocycles. The Bertz CT molecular complexity index is 604. The average Bonchev–Trinajstić information content (AvgIpc) is 2.89. The zero-order valence-electron chi connectivity index (χ0n) is 15.5. The summed E-state index contributed by atoms with van der Waals surface area (Å²) >= 11 is 0. The van der Waals surface area contributed by atoms with E-state index in [0.29, 0.717) is 29.6 Å². The minimum absolute atomic E-state index is 0.214. The van der Waals surface area contributed by atoms with Crippen LogP contribution in [0, 0.1) is 34.5 Å². The van der Waals surface area contributed by atoms with Gasteiger partial charge in [0.2, 0.25) is 5.78 Å². The van der Waals surface area contributed by atoms with E-state index in [0.717, 1.165) is 25.7 Å². The monoisotopic (exact) mass is 348 g/mol. The predicted molar refractivity (Wildman–Crippen MR) is 94.2 cm³/mol. The number of Topliss-reactive ketones (excluding diaryl/α,β-unsaturated/α-hetero) is 1. The highest BCUT2D eigenvalue weighted by Crippen LogP contribution is 2.66. The van der Waals surface area contributed by atoms with Crippen molar-refractivity contribution < 1.29 is 20.1 Å². The molecule has 4 nitrogen and oxygen atoms in total. The van der Waals surface area contributed by atoms with Gasteiger partial charge in [-0.25, -0.2) is 0 Å². The minimum atomic E-state index is -3.19. The predicted octanol–water partition coefficient (Wildman–Crippen LogP) is 3.16. The van der Waals surface area contributed by atoms with Gasteiger partial charge < -0.3 is 15.3 Å². The second-order valence-corrected chi connectivity index (χ2v) is 9.64. The third-order valence-corrected chi connectivity index (χ3v) is 8.66. The van der Waals surface area contributed by atoms with Crippen molar-refractivity contribution in [2.45, 2.75) is 77.6 Å². The van der Waals surface area contributed by atoms with E-state index in [1.54, 1.807) is 5.57 Å². The van der Waals surface area contributed by atoms with Crippen molar-refractivity contribution in [3.63, 3.8) is 0 Å². The Morgan fingerprint density at radius 1 is 1.08 bits per heavy atom. The van der Waals surface area contributed by atoms with Crippen molar-refractivity contribution in [3.8, 4) is 0 Å². The summed E-state index contributed by atoms with van der Waals surface area (Å²) in [6, 6.07) is 0. The summed E-state index contributed by atoms with van der Waals surface area (Å²) in [6.07, 6.45) is 12.5. The number of carbonyl (C=O) groups excluding carboxylic acids is 1. The van der Waals surface area contributed by atoms with Crippen molar-refractivity contribution in [2.24, 2.45) is 34.5 Å². The van der Waals surface area contributed by atoms with Gasteiger partial charge in [-0.1, -0.05) is 31.9 Å². The van der Waals surface area contributed by atoms with Gasteiger partial charge in [0.15, 0.2) is 0 Å². The Labute approximate surface area is 150 Å². The fourth-order valence-corrected chi connectivity index (χ4v) is 7.36. The molecule has 25 heavy (non-hydrogen) atoms. The summed E-state index contributed by atoms with van der Waals surface area (Å²) in [6.45, 7) is 4.62. The molecule has 0 aromatic heterocycles. The molecule has 0 aliphatic heterocycles. The van der Waals surface area contributed by atoms with Crippen LogP contribution < -0.4 is 0 Å². The third-order valence-electron chi connectivity index (χ3n) is 8.66. The molecule has 0 bridgehead atoms. The largest absolute Gasteiger partial charge is 0.339 e. The maximum atomic E-state index is 12.4. The second kappa shape index (κ2) is 5.64. The summed E-state index contributed by atoms with van der Waals surface area (Å²) in [5, 5.41) is 28.3. The maximum absolute atomic E-state index is 12.4. The van der Waals surface area contributed by atoms with Crippen LogP contribution in [0.4, 0.5) is 0 Å². The highest BCUT2D eigenvalue weighted by atomic mass is 16.7. The van der Waals surface area contributed by atoms with Gasteiger partial charge in [0.05, 0.1) is 0 Å². The summed E-state index contributed by atoms with van der Waals surface area (Å²) in [5.41, 5.74) is 1.79. The zero-order valence-corrected chi connectivity index (χ0v) is 15.5. The van der Waals surface area contributed by atoms with Gasteiger partial charge >= 0.3 is 5.97 Å². The molecule has 0 amide bonds. The van der Waals surface area contributed by atoms with Gasteiger partial charge in [0.25, 0.3) is 0 Å². The lowest BCUT2D eigenvalue weighted by Gasteiger charge is -2.57. The van der Waals surface area contributed by atoms with Crippen LogP contribution in [0.1, 0.15) is 71.6 Å². The highest BCUT2D eigenvalue weighted by molar-refractivity contribution is 5.87. The van der Waals surface area contributed by atoms with Crippen molar-refractivity contribution in [2.75, 3.05) is 0 Å². The Morgan fingerprint density at radius 2 is 1.84 bits per heavy atom. The minimum Gasteiger partial charge on any atom is -0.337 e. The first kappa shape index (κ1) is 17.7. The summed E-state index contributed by atoms with van der Waals surface area (Å²) in [7, 11) is 0. The number of carbonyl (C=O) groups is 1. The Morgan fingerprint density at radius 3 is 2.56 bits per heavy atom. The number of allylic oxidation sites excluding steroid dienone is 2. The Balaban J connectivity index is 1.64. The fraction of sp³-hybridized carbons (Fsp3) is 0.857. The molecule has 140 valence electrons. The summed E-state index contributed by atoms with van der Waals surface area (Å²) < 4.78 is 0. The lowest BCUT2D eigenvalue weighted by atomic mass is 9.47. The maximum Gasteiger partial charge on any atom is 0.339 e. The molecule has 0 saturated heterocycles. The van der Waals surface area contributed by atoms with Crippen LogP contribution >= 0.6 is 0 Å².